The van der Waals surface area contributed by atoms with Crippen LogP contribution in [0.2, 0.25) is 0 Å². The van der Waals surface area contributed by atoms with Crippen LogP contribution < -0.4 is 0 Å². The van der Waals surface area contributed by atoms with Crippen molar-refractivity contribution >= 4 is 5.78 Å². The molecule has 0 N–H and O–H groups in total. The van der Waals surface area contributed by atoms with E-state index in [1.807, 2.05) is 6.08 Å². The smallest absolute Gasteiger partial charge is 0.159 e. The minimum atomic E-state index is 0.354. The fourth-order valence-electron chi connectivity index (χ4n) is 2.58. The number of ketones is 1. The van der Waals surface area contributed by atoms with Crippen LogP contribution in [0.1, 0.15) is 33.1 Å². The van der Waals surface area contributed by atoms with Gasteiger partial charge in [-0.2, -0.15) is 0 Å². The van der Waals surface area contributed by atoms with E-state index in [0.29, 0.717) is 17.6 Å². The maximum absolute atomic E-state index is 11.5. The number of hydrogen-bond donors (Lipinski definition) is 0. The van der Waals surface area contributed by atoms with Gasteiger partial charge in [0.25, 0.3) is 0 Å². The molecule has 1 fully saturated rings. The Morgan fingerprint density at radius 2 is 2.17 bits per heavy atom. The number of rotatable bonds is 0. The Balaban J connectivity index is 2.28. The Morgan fingerprint density at radius 1 is 1.42 bits per heavy atom. The van der Waals surface area contributed by atoms with Crippen molar-refractivity contribution in [2.24, 2.45) is 17.8 Å². The van der Waals surface area contributed by atoms with Gasteiger partial charge in [0.1, 0.15) is 0 Å². The minimum Gasteiger partial charge on any atom is -0.295 e. The van der Waals surface area contributed by atoms with Crippen molar-refractivity contribution in [3.63, 3.8) is 0 Å². The maximum atomic E-state index is 11.5. The summed E-state index contributed by atoms with van der Waals surface area (Å²) in [5.74, 6) is 2.09. The van der Waals surface area contributed by atoms with Gasteiger partial charge in [-0.25, -0.2) is 0 Å². The second-order valence-corrected chi connectivity index (χ2v) is 4.38. The van der Waals surface area contributed by atoms with Crippen molar-refractivity contribution in [2.75, 3.05) is 0 Å². The molecule has 3 atom stereocenters. The first-order chi connectivity index (χ1) is 5.68. The fraction of sp³-hybridized carbons (Fsp3) is 0.727. The molecule has 66 valence electrons. The standard InChI is InChI=1S/C11H16O/c1-7-3-4-9-6-10(7)11(12)5-8(9)2/h5,7,9-10H,3-4,6H2,1-2H3. The van der Waals surface area contributed by atoms with Gasteiger partial charge in [0.15, 0.2) is 5.78 Å². The highest BCUT2D eigenvalue weighted by molar-refractivity contribution is 5.93. The first-order valence-electron chi connectivity index (χ1n) is 4.90. The summed E-state index contributed by atoms with van der Waals surface area (Å²) in [5.41, 5.74) is 1.32. The van der Waals surface area contributed by atoms with E-state index in [2.05, 4.69) is 13.8 Å². The molecule has 3 unspecified atom stereocenters. The zero-order valence-corrected chi connectivity index (χ0v) is 7.84. The Morgan fingerprint density at radius 3 is 2.92 bits per heavy atom. The Kier molecular flexibility index (Phi) is 1.82. The highest BCUT2D eigenvalue weighted by Gasteiger charge is 2.35. The van der Waals surface area contributed by atoms with E-state index >= 15 is 0 Å². The van der Waals surface area contributed by atoms with Crippen molar-refractivity contribution in [2.45, 2.75) is 33.1 Å². The van der Waals surface area contributed by atoms with Gasteiger partial charge in [-0.3, -0.25) is 4.79 Å². The molecule has 12 heavy (non-hydrogen) atoms. The zero-order valence-electron chi connectivity index (χ0n) is 7.84. The van der Waals surface area contributed by atoms with Crippen molar-refractivity contribution < 1.29 is 4.79 Å². The van der Waals surface area contributed by atoms with Crippen LogP contribution in [0.5, 0.6) is 0 Å². The molecule has 0 aliphatic heterocycles. The summed E-state index contributed by atoms with van der Waals surface area (Å²) in [6.07, 6.45) is 5.55. The van der Waals surface area contributed by atoms with Crippen molar-refractivity contribution in [3.05, 3.63) is 11.6 Å². The van der Waals surface area contributed by atoms with Crippen LogP contribution in [0.3, 0.4) is 0 Å². The van der Waals surface area contributed by atoms with Gasteiger partial charge in [-0.1, -0.05) is 12.5 Å². The summed E-state index contributed by atoms with van der Waals surface area (Å²) in [6, 6.07) is 0. The summed E-state index contributed by atoms with van der Waals surface area (Å²) < 4.78 is 0. The van der Waals surface area contributed by atoms with E-state index in [1.165, 1.54) is 18.4 Å². The quantitative estimate of drug-likeness (QED) is 0.537. The SMILES string of the molecule is CC1=CC(=O)C2CC1CCC2C. The van der Waals surface area contributed by atoms with E-state index in [1.54, 1.807) is 0 Å². The molecule has 0 saturated heterocycles. The van der Waals surface area contributed by atoms with Crippen LogP contribution in [0.4, 0.5) is 0 Å². The second kappa shape index (κ2) is 2.72. The Hall–Kier alpha value is -0.590. The van der Waals surface area contributed by atoms with E-state index in [0.717, 1.165) is 12.3 Å². The van der Waals surface area contributed by atoms with Crippen LogP contribution >= 0.6 is 0 Å². The van der Waals surface area contributed by atoms with Gasteiger partial charge >= 0.3 is 0 Å². The lowest BCUT2D eigenvalue weighted by Gasteiger charge is -2.36. The highest BCUT2D eigenvalue weighted by atomic mass is 16.1. The molecule has 2 bridgehead atoms. The van der Waals surface area contributed by atoms with E-state index in [4.69, 9.17) is 0 Å². The van der Waals surface area contributed by atoms with E-state index in [-0.39, 0.29) is 0 Å². The molecule has 1 nitrogen and oxygen atoms in total. The number of allylic oxidation sites excluding steroid dienone is 2. The average Bonchev–Trinajstić information content (AvgIpc) is 2.03. The van der Waals surface area contributed by atoms with Gasteiger partial charge in [0.05, 0.1) is 0 Å². The molecular formula is C11H16O. The Labute approximate surface area is 73.8 Å². The van der Waals surface area contributed by atoms with Crippen molar-refractivity contribution in [1.82, 2.24) is 0 Å². The molecule has 0 aromatic rings. The predicted molar refractivity (Wildman–Crippen MR) is 48.8 cm³/mol. The zero-order chi connectivity index (χ0) is 8.72. The fourth-order valence-corrected chi connectivity index (χ4v) is 2.58. The molecule has 2 rings (SSSR count). The largest absolute Gasteiger partial charge is 0.295 e. The number of fused-ring (bicyclic) bond motifs is 2. The molecule has 1 saturated carbocycles. The molecule has 0 spiro atoms. The summed E-state index contributed by atoms with van der Waals surface area (Å²) in [5, 5.41) is 0. The van der Waals surface area contributed by atoms with Crippen LogP contribution in [0.25, 0.3) is 0 Å². The molecule has 2 aliphatic carbocycles. The summed E-state index contributed by atoms with van der Waals surface area (Å²) in [7, 11) is 0. The van der Waals surface area contributed by atoms with Gasteiger partial charge in [-0.15, -0.1) is 0 Å². The number of hydrogen-bond acceptors (Lipinski definition) is 1. The molecule has 0 radical (unpaired) electrons. The first-order valence-corrected chi connectivity index (χ1v) is 4.90. The lowest BCUT2D eigenvalue weighted by atomic mass is 9.67. The van der Waals surface area contributed by atoms with Gasteiger partial charge in [0.2, 0.25) is 0 Å². The Bertz CT molecular complexity index is 239. The average molecular weight is 164 g/mol. The lowest BCUT2D eigenvalue weighted by Crippen LogP contribution is -2.32. The van der Waals surface area contributed by atoms with Crippen LogP contribution in [0, 0.1) is 17.8 Å². The summed E-state index contributed by atoms with van der Waals surface area (Å²) >= 11 is 0. The van der Waals surface area contributed by atoms with Crippen molar-refractivity contribution in [3.8, 4) is 0 Å². The van der Waals surface area contributed by atoms with E-state index in [9.17, 15) is 4.79 Å². The van der Waals surface area contributed by atoms with E-state index < -0.39 is 0 Å². The number of carbonyl (C=O) groups is 1. The van der Waals surface area contributed by atoms with Crippen LogP contribution in [-0.2, 0) is 4.79 Å². The van der Waals surface area contributed by atoms with Gasteiger partial charge in [-0.05, 0) is 44.1 Å². The monoisotopic (exact) mass is 164 g/mol. The topological polar surface area (TPSA) is 17.1 Å². The molecule has 2 aliphatic rings. The molecule has 0 heterocycles. The molecule has 0 amide bonds. The third-order valence-corrected chi connectivity index (χ3v) is 3.58. The molecule has 1 heteroatoms. The van der Waals surface area contributed by atoms with Crippen LogP contribution in [0.15, 0.2) is 11.6 Å². The third-order valence-electron chi connectivity index (χ3n) is 3.58. The normalized spacial score (nSPS) is 41.0. The second-order valence-electron chi connectivity index (χ2n) is 4.38. The summed E-state index contributed by atoms with van der Waals surface area (Å²) in [4.78, 5) is 11.5. The summed E-state index contributed by atoms with van der Waals surface area (Å²) in [6.45, 7) is 4.32. The van der Waals surface area contributed by atoms with Gasteiger partial charge in [0, 0.05) is 5.92 Å². The first kappa shape index (κ1) is 8.03. The van der Waals surface area contributed by atoms with Crippen LogP contribution in [-0.4, -0.2) is 5.78 Å². The minimum absolute atomic E-state index is 0.354. The highest BCUT2D eigenvalue weighted by Crippen LogP contribution is 2.41. The van der Waals surface area contributed by atoms with Crippen molar-refractivity contribution in [1.29, 1.82) is 0 Å². The third kappa shape index (κ3) is 1.12. The predicted octanol–water partition coefficient (Wildman–Crippen LogP) is 2.57. The molecular weight excluding hydrogens is 148 g/mol. The molecule has 0 aromatic heterocycles. The molecule has 0 aromatic carbocycles. The van der Waals surface area contributed by atoms with Gasteiger partial charge < -0.3 is 0 Å². The maximum Gasteiger partial charge on any atom is 0.159 e. The lowest BCUT2D eigenvalue weighted by molar-refractivity contribution is -0.121. The number of carbonyl (C=O) groups excluding carboxylic acids is 1.